The quantitative estimate of drug-likeness (QED) is 0.703. The molecule has 0 saturated heterocycles. The van der Waals surface area contributed by atoms with Gasteiger partial charge in [-0.1, -0.05) is 15.9 Å². The fourth-order valence-electron chi connectivity index (χ4n) is 1.73. The SMILES string of the molecule is Cc1[nH]nc(CN)c1S(=O)(=O)Nc1ccc(Br)cc1Br. The van der Waals surface area contributed by atoms with Gasteiger partial charge in [0.2, 0.25) is 0 Å². The van der Waals surface area contributed by atoms with Crippen LogP contribution in [0.2, 0.25) is 0 Å². The minimum absolute atomic E-state index is 0.0437. The molecule has 0 spiro atoms. The zero-order chi connectivity index (χ0) is 14.9. The van der Waals surface area contributed by atoms with E-state index in [-0.39, 0.29) is 11.4 Å². The Hall–Kier alpha value is -0.900. The second-order valence-electron chi connectivity index (χ2n) is 4.06. The molecule has 0 aliphatic heterocycles. The van der Waals surface area contributed by atoms with Crippen molar-refractivity contribution in [2.75, 3.05) is 4.72 Å². The molecule has 0 bridgehead atoms. The van der Waals surface area contributed by atoms with Gasteiger partial charge in [-0.25, -0.2) is 8.42 Å². The fraction of sp³-hybridized carbons (Fsp3) is 0.182. The number of hydrogen-bond donors (Lipinski definition) is 3. The van der Waals surface area contributed by atoms with Crippen LogP contribution in [-0.2, 0) is 16.6 Å². The number of aromatic nitrogens is 2. The van der Waals surface area contributed by atoms with Crippen LogP contribution in [0.25, 0.3) is 0 Å². The maximum atomic E-state index is 12.4. The van der Waals surface area contributed by atoms with Crippen molar-refractivity contribution < 1.29 is 8.42 Å². The van der Waals surface area contributed by atoms with Crippen molar-refractivity contribution in [3.05, 3.63) is 38.5 Å². The average molecular weight is 424 g/mol. The summed E-state index contributed by atoms with van der Waals surface area (Å²) < 4.78 is 28.9. The molecule has 0 radical (unpaired) electrons. The highest BCUT2D eigenvalue weighted by Gasteiger charge is 2.24. The normalized spacial score (nSPS) is 11.6. The third kappa shape index (κ3) is 3.05. The molecule has 0 aliphatic carbocycles. The molecule has 9 heteroatoms. The summed E-state index contributed by atoms with van der Waals surface area (Å²) in [5.41, 5.74) is 6.71. The molecular weight excluding hydrogens is 412 g/mol. The summed E-state index contributed by atoms with van der Waals surface area (Å²) in [7, 11) is -3.75. The van der Waals surface area contributed by atoms with Gasteiger partial charge in [0.15, 0.2) is 0 Å². The van der Waals surface area contributed by atoms with Gasteiger partial charge in [0.1, 0.15) is 4.90 Å². The summed E-state index contributed by atoms with van der Waals surface area (Å²) in [4.78, 5) is 0.0924. The van der Waals surface area contributed by atoms with Crippen molar-refractivity contribution in [2.24, 2.45) is 5.73 Å². The Morgan fingerprint density at radius 3 is 2.70 bits per heavy atom. The van der Waals surface area contributed by atoms with E-state index in [1.807, 2.05) is 0 Å². The van der Waals surface area contributed by atoms with Crippen molar-refractivity contribution in [3.8, 4) is 0 Å². The van der Waals surface area contributed by atoms with Gasteiger partial charge < -0.3 is 5.73 Å². The van der Waals surface area contributed by atoms with Crippen LogP contribution in [0, 0.1) is 6.92 Å². The van der Waals surface area contributed by atoms with Gasteiger partial charge >= 0.3 is 0 Å². The Morgan fingerprint density at radius 2 is 2.10 bits per heavy atom. The van der Waals surface area contributed by atoms with Gasteiger partial charge in [-0.3, -0.25) is 9.82 Å². The predicted octanol–water partition coefficient (Wildman–Crippen LogP) is 2.50. The lowest BCUT2D eigenvalue weighted by Gasteiger charge is -2.10. The lowest BCUT2D eigenvalue weighted by Crippen LogP contribution is -2.16. The van der Waals surface area contributed by atoms with E-state index in [4.69, 9.17) is 5.73 Å². The second-order valence-corrected chi connectivity index (χ2v) is 7.45. The van der Waals surface area contributed by atoms with Crippen molar-refractivity contribution >= 4 is 47.6 Å². The summed E-state index contributed by atoms with van der Waals surface area (Å²) in [6.45, 7) is 1.68. The molecular formula is C11H12Br2N4O2S. The monoisotopic (exact) mass is 422 g/mol. The topological polar surface area (TPSA) is 101 Å². The van der Waals surface area contributed by atoms with E-state index in [0.717, 1.165) is 4.47 Å². The third-order valence-corrected chi connectivity index (χ3v) is 5.32. The molecule has 6 nitrogen and oxygen atoms in total. The number of rotatable bonds is 4. The molecule has 0 unspecified atom stereocenters. The van der Waals surface area contributed by atoms with Gasteiger partial charge in [-0.2, -0.15) is 5.10 Å². The first-order valence-electron chi connectivity index (χ1n) is 5.57. The van der Waals surface area contributed by atoms with Crippen molar-refractivity contribution in [1.82, 2.24) is 10.2 Å². The molecule has 1 aromatic heterocycles. The van der Waals surface area contributed by atoms with Crippen LogP contribution in [0.3, 0.4) is 0 Å². The number of nitrogens with one attached hydrogen (secondary N) is 2. The number of nitrogens with zero attached hydrogens (tertiary/aromatic N) is 1. The maximum Gasteiger partial charge on any atom is 0.265 e. The zero-order valence-electron chi connectivity index (χ0n) is 10.4. The molecule has 108 valence electrons. The summed E-state index contributed by atoms with van der Waals surface area (Å²) in [5.74, 6) is 0. The van der Waals surface area contributed by atoms with Crippen LogP contribution in [-0.4, -0.2) is 18.6 Å². The molecule has 0 amide bonds. The highest BCUT2D eigenvalue weighted by atomic mass is 79.9. The van der Waals surface area contributed by atoms with E-state index < -0.39 is 10.0 Å². The Kier molecular flexibility index (Phi) is 4.52. The van der Waals surface area contributed by atoms with Crippen molar-refractivity contribution in [1.29, 1.82) is 0 Å². The summed E-state index contributed by atoms with van der Waals surface area (Å²) in [6.07, 6.45) is 0. The van der Waals surface area contributed by atoms with E-state index in [1.54, 1.807) is 25.1 Å². The highest BCUT2D eigenvalue weighted by Crippen LogP contribution is 2.29. The van der Waals surface area contributed by atoms with Crippen LogP contribution in [0.4, 0.5) is 5.69 Å². The molecule has 2 aromatic rings. The summed E-state index contributed by atoms with van der Waals surface area (Å²) >= 11 is 6.62. The molecule has 0 aliphatic rings. The first-order chi connectivity index (χ1) is 9.35. The first-order valence-corrected chi connectivity index (χ1v) is 8.64. The number of benzene rings is 1. The number of nitrogens with two attached hydrogens (primary N) is 1. The predicted molar refractivity (Wildman–Crippen MR) is 83.9 cm³/mol. The van der Waals surface area contributed by atoms with Gasteiger partial charge in [-0.05, 0) is 41.1 Å². The van der Waals surface area contributed by atoms with Crippen LogP contribution < -0.4 is 10.5 Å². The maximum absolute atomic E-state index is 12.4. The van der Waals surface area contributed by atoms with Crippen molar-refractivity contribution in [2.45, 2.75) is 18.4 Å². The second kappa shape index (κ2) is 5.84. The summed E-state index contributed by atoms with van der Waals surface area (Å²) in [6, 6.07) is 5.15. The number of aromatic amines is 1. The van der Waals surface area contributed by atoms with E-state index in [9.17, 15) is 8.42 Å². The average Bonchev–Trinajstić information content (AvgIpc) is 2.75. The van der Waals surface area contributed by atoms with Gasteiger partial charge in [-0.15, -0.1) is 0 Å². The van der Waals surface area contributed by atoms with Gasteiger partial charge in [0.25, 0.3) is 10.0 Å². The molecule has 0 saturated carbocycles. The molecule has 1 heterocycles. The van der Waals surface area contributed by atoms with E-state index in [2.05, 4.69) is 46.8 Å². The molecule has 1 aromatic carbocycles. The minimum Gasteiger partial charge on any atom is -0.325 e. The largest absolute Gasteiger partial charge is 0.325 e. The Balaban J connectivity index is 2.43. The number of sulfonamides is 1. The molecule has 2 rings (SSSR count). The standard InChI is InChI=1S/C11H12Br2N4O2S/c1-6-11(10(5-14)16-15-6)20(18,19)17-9-3-2-7(12)4-8(9)13/h2-4,17H,5,14H2,1H3,(H,15,16). The van der Waals surface area contributed by atoms with Gasteiger partial charge in [0, 0.05) is 15.5 Å². The fourth-order valence-corrected chi connectivity index (χ4v) is 4.47. The van der Waals surface area contributed by atoms with Crippen LogP contribution in [0.5, 0.6) is 0 Å². The number of halogens is 2. The van der Waals surface area contributed by atoms with E-state index in [1.165, 1.54) is 0 Å². The Labute approximate surface area is 133 Å². The first kappa shape index (κ1) is 15.5. The van der Waals surface area contributed by atoms with Crippen LogP contribution in [0.1, 0.15) is 11.4 Å². The van der Waals surface area contributed by atoms with Gasteiger partial charge in [0.05, 0.1) is 17.1 Å². The highest BCUT2D eigenvalue weighted by molar-refractivity contribution is 9.11. The molecule has 0 atom stereocenters. The zero-order valence-corrected chi connectivity index (χ0v) is 14.4. The molecule has 20 heavy (non-hydrogen) atoms. The number of hydrogen-bond acceptors (Lipinski definition) is 4. The smallest absolute Gasteiger partial charge is 0.265 e. The van der Waals surface area contributed by atoms with E-state index >= 15 is 0 Å². The Morgan fingerprint density at radius 1 is 1.40 bits per heavy atom. The lowest BCUT2D eigenvalue weighted by atomic mass is 10.3. The van der Waals surface area contributed by atoms with Crippen LogP contribution in [0.15, 0.2) is 32.0 Å². The third-order valence-electron chi connectivity index (χ3n) is 2.60. The number of anilines is 1. The van der Waals surface area contributed by atoms with Crippen LogP contribution >= 0.6 is 31.9 Å². The molecule has 4 N–H and O–H groups in total. The summed E-state index contributed by atoms with van der Waals surface area (Å²) in [5, 5.41) is 6.53. The van der Waals surface area contributed by atoms with Crippen molar-refractivity contribution in [3.63, 3.8) is 0 Å². The lowest BCUT2D eigenvalue weighted by molar-refractivity contribution is 0.599. The minimum atomic E-state index is -3.75. The molecule has 0 fully saturated rings. The number of H-pyrrole nitrogens is 1. The van der Waals surface area contributed by atoms with E-state index in [0.29, 0.717) is 21.5 Å². The number of aryl methyl sites for hydroxylation is 1. The Bertz CT molecular complexity index is 743.